The number of nitrogens with zero attached hydrogens (tertiary/aromatic N) is 4. The van der Waals surface area contributed by atoms with Gasteiger partial charge in [0, 0.05) is 46.8 Å². The van der Waals surface area contributed by atoms with Gasteiger partial charge in [-0.15, -0.1) is 0 Å². The molecule has 0 aromatic carbocycles. The number of piperidine rings is 1. The van der Waals surface area contributed by atoms with E-state index >= 15 is 0 Å². The normalized spacial score (nSPS) is 17.6. The topological polar surface area (TPSA) is 65.5 Å². The van der Waals surface area contributed by atoms with Gasteiger partial charge in [-0.2, -0.15) is 0 Å². The maximum absolute atomic E-state index is 12.6. The van der Waals surface area contributed by atoms with Crippen molar-refractivity contribution in [3.8, 4) is 0 Å². The first-order valence-corrected chi connectivity index (χ1v) is 7.74. The Morgan fingerprint density at radius 1 is 1.41 bits per heavy atom. The standard InChI is InChI=1S/C15H28N4O3/c1-6-14(20)18-9-7-13(8-10-18)17(4)15(21)19(11-16-3)12(2)22-5/h11-13H,6-10H2,1-5H3/b16-11-. The quantitative estimate of drug-likeness (QED) is 0.438. The van der Waals surface area contributed by atoms with Crippen LogP contribution in [-0.4, -0.2) is 79.5 Å². The molecule has 126 valence electrons. The molecule has 1 saturated heterocycles. The lowest BCUT2D eigenvalue weighted by Gasteiger charge is -2.38. The molecule has 3 amide bonds. The van der Waals surface area contributed by atoms with Gasteiger partial charge in [0.15, 0.2) is 0 Å². The smallest absolute Gasteiger partial charge is 0.327 e. The molecule has 0 saturated carbocycles. The minimum atomic E-state index is -0.375. The number of carbonyl (C=O) groups excluding carboxylic acids is 2. The van der Waals surface area contributed by atoms with Gasteiger partial charge in [-0.3, -0.25) is 14.7 Å². The molecule has 1 fully saturated rings. The predicted octanol–water partition coefficient (Wildman–Crippen LogP) is 1.39. The first kappa shape index (κ1) is 18.4. The van der Waals surface area contributed by atoms with Crippen LogP contribution in [0.1, 0.15) is 33.1 Å². The average molecular weight is 312 g/mol. The summed E-state index contributed by atoms with van der Waals surface area (Å²) in [6.45, 7) is 5.08. The number of carbonyl (C=O) groups is 2. The number of methoxy groups -OCH3 is 1. The van der Waals surface area contributed by atoms with Gasteiger partial charge in [0.2, 0.25) is 5.91 Å². The van der Waals surface area contributed by atoms with Crippen LogP contribution in [-0.2, 0) is 9.53 Å². The zero-order valence-electron chi connectivity index (χ0n) is 14.3. The maximum atomic E-state index is 12.6. The number of ether oxygens (including phenoxy) is 1. The number of urea groups is 1. The van der Waals surface area contributed by atoms with E-state index in [9.17, 15) is 9.59 Å². The molecule has 0 aliphatic carbocycles. The minimum Gasteiger partial charge on any atom is -0.361 e. The first-order chi connectivity index (χ1) is 10.5. The largest absolute Gasteiger partial charge is 0.361 e. The van der Waals surface area contributed by atoms with Crippen molar-refractivity contribution >= 4 is 18.3 Å². The van der Waals surface area contributed by atoms with Crippen molar-refractivity contribution in [2.75, 3.05) is 34.3 Å². The first-order valence-electron chi connectivity index (χ1n) is 7.74. The van der Waals surface area contributed by atoms with Gasteiger partial charge in [0.25, 0.3) is 0 Å². The zero-order chi connectivity index (χ0) is 16.7. The molecule has 0 radical (unpaired) electrons. The Bertz CT molecular complexity index is 406. The monoisotopic (exact) mass is 312 g/mol. The lowest BCUT2D eigenvalue weighted by atomic mass is 10.0. The Balaban J connectivity index is 2.65. The van der Waals surface area contributed by atoms with Gasteiger partial charge >= 0.3 is 6.03 Å². The third-order valence-electron chi connectivity index (χ3n) is 4.16. The highest BCUT2D eigenvalue weighted by atomic mass is 16.5. The fourth-order valence-electron chi connectivity index (χ4n) is 2.60. The molecule has 7 nitrogen and oxygen atoms in total. The summed E-state index contributed by atoms with van der Waals surface area (Å²) in [7, 11) is 4.98. The highest BCUT2D eigenvalue weighted by molar-refractivity contribution is 5.86. The van der Waals surface area contributed by atoms with Gasteiger partial charge < -0.3 is 14.5 Å². The Morgan fingerprint density at radius 2 is 2.00 bits per heavy atom. The second-order valence-corrected chi connectivity index (χ2v) is 5.47. The summed E-state index contributed by atoms with van der Waals surface area (Å²) in [4.78, 5) is 33.3. The van der Waals surface area contributed by atoms with E-state index in [0.29, 0.717) is 19.5 Å². The van der Waals surface area contributed by atoms with Crippen molar-refractivity contribution in [1.29, 1.82) is 0 Å². The molecule has 0 aromatic heterocycles. The summed E-state index contributed by atoms with van der Waals surface area (Å²) in [5.41, 5.74) is 0. The van der Waals surface area contributed by atoms with Gasteiger partial charge in [-0.1, -0.05) is 6.92 Å². The number of rotatable bonds is 5. The van der Waals surface area contributed by atoms with E-state index < -0.39 is 0 Å². The summed E-state index contributed by atoms with van der Waals surface area (Å²) in [6.07, 6.45) is 3.24. The van der Waals surface area contributed by atoms with Crippen LogP contribution in [0.2, 0.25) is 0 Å². The molecular formula is C15H28N4O3. The van der Waals surface area contributed by atoms with Crippen molar-refractivity contribution in [2.24, 2.45) is 4.99 Å². The third kappa shape index (κ3) is 4.43. The van der Waals surface area contributed by atoms with E-state index in [4.69, 9.17) is 4.74 Å². The van der Waals surface area contributed by atoms with Crippen LogP contribution in [0.25, 0.3) is 0 Å². The number of aliphatic imine (C=N–C) groups is 1. The second kappa shape index (κ2) is 8.73. The molecule has 0 bridgehead atoms. The van der Waals surface area contributed by atoms with E-state index in [1.165, 1.54) is 11.2 Å². The van der Waals surface area contributed by atoms with Crippen LogP contribution < -0.4 is 0 Å². The van der Waals surface area contributed by atoms with Crippen LogP contribution in [0.5, 0.6) is 0 Å². The van der Waals surface area contributed by atoms with Crippen LogP contribution in [0.4, 0.5) is 4.79 Å². The van der Waals surface area contributed by atoms with Gasteiger partial charge in [-0.05, 0) is 19.8 Å². The summed E-state index contributed by atoms with van der Waals surface area (Å²) in [5, 5.41) is 0. The summed E-state index contributed by atoms with van der Waals surface area (Å²) in [6, 6.07) is -0.00886. The number of hydrogen-bond acceptors (Lipinski definition) is 4. The molecule has 1 heterocycles. The van der Waals surface area contributed by atoms with Crippen molar-refractivity contribution < 1.29 is 14.3 Å². The lowest BCUT2D eigenvalue weighted by Crippen LogP contribution is -2.52. The van der Waals surface area contributed by atoms with Crippen LogP contribution in [0, 0.1) is 0 Å². The van der Waals surface area contributed by atoms with Crippen LogP contribution >= 0.6 is 0 Å². The molecule has 1 atom stereocenters. The van der Waals surface area contributed by atoms with Gasteiger partial charge in [0.05, 0.1) is 6.34 Å². The van der Waals surface area contributed by atoms with E-state index in [2.05, 4.69) is 4.99 Å². The molecule has 0 N–H and O–H groups in total. The van der Waals surface area contributed by atoms with Crippen molar-refractivity contribution in [3.63, 3.8) is 0 Å². The van der Waals surface area contributed by atoms with Crippen molar-refractivity contribution in [2.45, 2.75) is 45.4 Å². The summed E-state index contributed by atoms with van der Waals surface area (Å²) < 4.78 is 5.22. The average Bonchev–Trinajstić information content (AvgIpc) is 2.57. The number of amides is 3. The Kier molecular flexibility index (Phi) is 7.31. The fraction of sp³-hybridized carbons (Fsp3) is 0.800. The summed E-state index contributed by atoms with van der Waals surface area (Å²) in [5.74, 6) is 0.181. The van der Waals surface area contributed by atoms with E-state index in [-0.39, 0.29) is 24.2 Å². The van der Waals surface area contributed by atoms with Crippen LogP contribution in [0.3, 0.4) is 0 Å². The SMILES string of the molecule is CCC(=O)N1CCC(N(C)C(=O)N(/C=N\C)C(C)OC)CC1. The summed E-state index contributed by atoms with van der Waals surface area (Å²) >= 11 is 0. The molecule has 0 spiro atoms. The maximum Gasteiger partial charge on any atom is 0.327 e. The molecular weight excluding hydrogens is 284 g/mol. The highest BCUT2D eigenvalue weighted by Gasteiger charge is 2.30. The zero-order valence-corrected chi connectivity index (χ0v) is 14.3. The predicted molar refractivity (Wildman–Crippen MR) is 85.8 cm³/mol. The molecule has 0 aromatic rings. The lowest BCUT2D eigenvalue weighted by molar-refractivity contribution is -0.132. The molecule has 1 rings (SSSR count). The Hall–Kier alpha value is -1.63. The highest BCUT2D eigenvalue weighted by Crippen LogP contribution is 2.18. The number of hydrogen-bond donors (Lipinski definition) is 0. The van der Waals surface area contributed by atoms with E-state index in [1.807, 2.05) is 11.8 Å². The third-order valence-corrected chi connectivity index (χ3v) is 4.16. The van der Waals surface area contributed by atoms with Gasteiger partial charge in [0.1, 0.15) is 6.23 Å². The van der Waals surface area contributed by atoms with Gasteiger partial charge in [-0.25, -0.2) is 4.79 Å². The fourth-order valence-corrected chi connectivity index (χ4v) is 2.60. The minimum absolute atomic E-state index is 0.130. The molecule has 7 heteroatoms. The Labute approximate surface area is 132 Å². The number of likely N-dealkylation sites (tertiary alicyclic amines) is 1. The van der Waals surface area contributed by atoms with E-state index in [1.54, 1.807) is 33.0 Å². The second-order valence-electron chi connectivity index (χ2n) is 5.47. The molecule has 1 aliphatic heterocycles. The van der Waals surface area contributed by atoms with Crippen molar-refractivity contribution in [3.05, 3.63) is 0 Å². The van der Waals surface area contributed by atoms with E-state index in [0.717, 1.165) is 12.8 Å². The Morgan fingerprint density at radius 3 is 2.45 bits per heavy atom. The molecule has 1 unspecified atom stereocenters. The molecule has 22 heavy (non-hydrogen) atoms. The van der Waals surface area contributed by atoms with Crippen molar-refractivity contribution in [1.82, 2.24) is 14.7 Å². The molecule has 1 aliphatic rings. The van der Waals surface area contributed by atoms with Crippen LogP contribution in [0.15, 0.2) is 4.99 Å².